The normalized spacial score (nSPS) is 12.0. The summed E-state index contributed by atoms with van der Waals surface area (Å²) in [6.45, 7) is 3.66. The molecule has 0 spiro atoms. The second kappa shape index (κ2) is 7.58. The molecule has 0 aliphatic heterocycles. The number of nitrogens with zero attached hydrogens (tertiary/aromatic N) is 2. The van der Waals surface area contributed by atoms with Gasteiger partial charge in [-0.25, -0.2) is 4.39 Å². The summed E-state index contributed by atoms with van der Waals surface area (Å²) in [4.78, 5) is 2.23. The molecule has 0 bridgehead atoms. The molecule has 0 radical (unpaired) electrons. The zero-order valence-corrected chi connectivity index (χ0v) is 12.9. The highest BCUT2D eigenvalue weighted by atomic mass is 19.1. The number of halogens is 1. The van der Waals surface area contributed by atoms with Crippen molar-refractivity contribution < 1.29 is 4.39 Å². The van der Waals surface area contributed by atoms with Crippen molar-refractivity contribution in [3.05, 3.63) is 65.5 Å². The van der Waals surface area contributed by atoms with Gasteiger partial charge in [-0.1, -0.05) is 30.3 Å². The Morgan fingerprint density at radius 2 is 1.95 bits per heavy atom. The molecule has 0 saturated carbocycles. The summed E-state index contributed by atoms with van der Waals surface area (Å²) in [5, 5.41) is 12.3. The van der Waals surface area contributed by atoms with Crippen LogP contribution in [-0.2, 0) is 6.54 Å². The fourth-order valence-corrected chi connectivity index (χ4v) is 2.20. The third-order valence-corrected chi connectivity index (χ3v) is 3.72. The number of rotatable bonds is 6. The van der Waals surface area contributed by atoms with Gasteiger partial charge in [-0.05, 0) is 37.7 Å². The zero-order valence-electron chi connectivity index (χ0n) is 12.9. The minimum absolute atomic E-state index is 0.275. The summed E-state index contributed by atoms with van der Waals surface area (Å²) >= 11 is 0. The highest BCUT2D eigenvalue weighted by molar-refractivity contribution is 5.57. The maximum absolute atomic E-state index is 13.1. The van der Waals surface area contributed by atoms with E-state index in [1.54, 1.807) is 6.07 Å². The van der Waals surface area contributed by atoms with Gasteiger partial charge in [0.15, 0.2) is 0 Å². The summed E-state index contributed by atoms with van der Waals surface area (Å²) in [5.74, 6) is -0.392. The molecule has 2 rings (SSSR count). The lowest BCUT2D eigenvalue weighted by Gasteiger charge is -2.25. The van der Waals surface area contributed by atoms with Crippen LogP contribution in [-0.4, -0.2) is 24.5 Å². The zero-order chi connectivity index (χ0) is 15.9. The SMILES string of the molecule is CC(CNc1ccc(F)cc1C#N)N(C)Cc1ccccc1. The summed E-state index contributed by atoms with van der Waals surface area (Å²) in [6, 6.07) is 16.8. The molecule has 2 aromatic rings. The van der Waals surface area contributed by atoms with Crippen LogP contribution in [0.4, 0.5) is 10.1 Å². The number of likely N-dealkylation sites (N-methyl/N-ethyl adjacent to an activating group) is 1. The van der Waals surface area contributed by atoms with Gasteiger partial charge in [-0.3, -0.25) is 4.90 Å². The van der Waals surface area contributed by atoms with Crippen molar-refractivity contribution in [1.82, 2.24) is 4.90 Å². The van der Waals surface area contributed by atoms with Gasteiger partial charge in [0.1, 0.15) is 11.9 Å². The third-order valence-electron chi connectivity index (χ3n) is 3.72. The molecule has 22 heavy (non-hydrogen) atoms. The van der Waals surface area contributed by atoms with Crippen LogP contribution in [0.15, 0.2) is 48.5 Å². The van der Waals surface area contributed by atoms with E-state index in [0.717, 1.165) is 6.54 Å². The summed E-state index contributed by atoms with van der Waals surface area (Å²) in [5.41, 5.74) is 2.26. The van der Waals surface area contributed by atoms with E-state index >= 15 is 0 Å². The van der Waals surface area contributed by atoms with Crippen LogP contribution < -0.4 is 5.32 Å². The Kier molecular flexibility index (Phi) is 5.51. The number of benzene rings is 2. The summed E-state index contributed by atoms with van der Waals surface area (Å²) < 4.78 is 13.1. The van der Waals surface area contributed by atoms with Gasteiger partial charge >= 0.3 is 0 Å². The topological polar surface area (TPSA) is 39.1 Å². The van der Waals surface area contributed by atoms with E-state index in [9.17, 15) is 4.39 Å². The number of anilines is 1. The van der Waals surface area contributed by atoms with Crippen molar-refractivity contribution in [3.8, 4) is 6.07 Å². The molecule has 1 atom stereocenters. The average molecular weight is 297 g/mol. The fraction of sp³-hybridized carbons (Fsp3) is 0.278. The molecule has 0 aliphatic rings. The molecule has 2 aromatic carbocycles. The van der Waals surface area contributed by atoms with Crippen molar-refractivity contribution in [2.75, 3.05) is 18.9 Å². The largest absolute Gasteiger partial charge is 0.382 e. The number of hydrogen-bond acceptors (Lipinski definition) is 3. The van der Waals surface area contributed by atoms with E-state index in [2.05, 4.69) is 36.3 Å². The van der Waals surface area contributed by atoms with E-state index in [0.29, 0.717) is 17.8 Å². The third kappa shape index (κ3) is 4.31. The minimum Gasteiger partial charge on any atom is -0.382 e. The Hall–Kier alpha value is -2.38. The second-order valence-corrected chi connectivity index (χ2v) is 5.43. The van der Waals surface area contributed by atoms with Crippen molar-refractivity contribution in [3.63, 3.8) is 0 Å². The average Bonchev–Trinajstić information content (AvgIpc) is 2.54. The first kappa shape index (κ1) is 16.0. The van der Waals surface area contributed by atoms with Crippen LogP contribution in [0.3, 0.4) is 0 Å². The molecule has 3 nitrogen and oxygen atoms in total. The van der Waals surface area contributed by atoms with Gasteiger partial charge in [-0.15, -0.1) is 0 Å². The predicted molar refractivity (Wildman–Crippen MR) is 87.0 cm³/mol. The van der Waals surface area contributed by atoms with Crippen LogP contribution in [0.25, 0.3) is 0 Å². The molecule has 4 heteroatoms. The molecule has 1 N–H and O–H groups in total. The molecular weight excluding hydrogens is 277 g/mol. The molecule has 0 aromatic heterocycles. The first-order valence-electron chi connectivity index (χ1n) is 7.28. The molecule has 0 heterocycles. The Balaban J connectivity index is 1.92. The van der Waals surface area contributed by atoms with Crippen molar-refractivity contribution in [1.29, 1.82) is 5.26 Å². The van der Waals surface area contributed by atoms with Crippen molar-refractivity contribution in [2.24, 2.45) is 0 Å². The van der Waals surface area contributed by atoms with Gasteiger partial charge in [0.25, 0.3) is 0 Å². The Labute approximate surface area is 131 Å². The van der Waals surface area contributed by atoms with E-state index in [-0.39, 0.29) is 6.04 Å². The molecule has 114 valence electrons. The Bertz CT molecular complexity index is 649. The van der Waals surface area contributed by atoms with Crippen molar-refractivity contribution >= 4 is 5.69 Å². The highest BCUT2D eigenvalue weighted by Gasteiger charge is 2.11. The lowest BCUT2D eigenvalue weighted by atomic mass is 10.1. The number of hydrogen-bond donors (Lipinski definition) is 1. The van der Waals surface area contributed by atoms with Crippen LogP contribution >= 0.6 is 0 Å². The van der Waals surface area contributed by atoms with Gasteiger partial charge in [0, 0.05) is 19.1 Å². The first-order valence-corrected chi connectivity index (χ1v) is 7.28. The summed E-state index contributed by atoms with van der Waals surface area (Å²) in [7, 11) is 2.06. The van der Waals surface area contributed by atoms with E-state index in [1.807, 2.05) is 24.3 Å². The van der Waals surface area contributed by atoms with Gasteiger partial charge in [-0.2, -0.15) is 5.26 Å². The fourth-order valence-electron chi connectivity index (χ4n) is 2.20. The second-order valence-electron chi connectivity index (χ2n) is 5.43. The lowest BCUT2D eigenvalue weighted by Crippen LogP contribution is -2.34. The number of nitriles is 1. The van der Waals surface area contributed by atoms with Crippen LogP contribution in [0.1, 0.15) is 18.1 Å². The quantitative estimate of drug-likeness (QED) is 0.885. The van der Waals surface area contributed by atoms with Crippen LogP contribution in [0.5, 0.6) is 0 Å². The molecule has 0 aliphatic carbocycles. The van der Waals surface area contributed by atoms with Gasteiger partial charge < -0.3 is 5.32 Å². The van der Waals surface area contributed by atoms with E-state index in [1.165, 1.54) is 17.7 Å². The predicted octanol–water partition coefficient (Wildman–Crippen LogP) is 3.63. The van der Waals surface area contributed by atoms with Gasteiger partial charge in [0.2, 0.25) is 0 Å². The molecule has 0 saturated heterocycles. The van der Waals surface area contributed by atoms with Crippen molar-refractivity contribution in [2.45, 2.75) is 19.5 Å². The molecule has 0 amide bonds. The first-order chi connectivity index (χ1) is 10.6. The molecular formula is C18H20FN3. The highest BCUT2D eigenvalue weighted by Crippen LogP contribution is 2.16. The lowest BCUT2D eigenvalue weighted by molar-refractivity contribution is 0.259. The maximum Gasteiger partial charge on any atom is 0.124 e. The van der Waals surface area contributed by atoms with E-state index < -0.39 is 5.82 Å². The number of nitrogens with one attached hydrogen (secondary N) is 1. The smallest absolute Gasteiger partial charge is 0.124 e. The molecule has 1 unspecified atom stereocenters. The Morgan fingerprint density at radius 3 is 2.64 bits per heavy atom. The standard InChI is InChI=1S/C18H20FN3/c1-14(22(2)13-15-6-4-3-5-7-15)12-21-18-9-8-17(19)10-16(18)11-20/h3-10,14,21H,12-13H2,1-2H3. The van der Waals surface area contributed by atoms with E-state index in [4.69, 9.17) is 5.26 Å². The van der Waals surface area contributed by atoms with Crippen LogP contribution in [0, 0.1) is 17.1 Å². The summed E-state index contributed by atoms with van der Waals surface area (Å²) in [6.07, 6.45) is 0. The Morgan fingerprint density at radius 1 is 1.23 bits per heavy atom. The molecule has 0 fully saturated rings. The van der Waals surface area contributed by atoms with Gasteiger partial charge in [0.05, 0.1) is 11.3 Å². The monoisotopic (exact) mass is 297 g/mol. The maximum atomic E-state index is 13.1. The van der Waals surface area contributed by atoms with Crippen LogP contribution in [0.2, 0.25) is 0 Å². The minimum atomic E-state index is -0.392.